The van der Waals surface area contributed by atoms with Gasteiger partial charge < -0.3 is 15.2 Å². The molecule has 8 heteroatoms. The second kappa shape index (κ2) is 7.42. The minimum Gasteiger partial charge on any atom is -0.495 e. The molecule has 0 heterocycles. The van der Waals surface area contributed by atoms with Crippen LogP contribution in [0.15, 0.2) is 23.1 Å². The van der Waals surface area contributed by atoms with Gasteiger partial charge >= 0.3 is 0 Å². The summed E-state index contributed by atoms with van der Waals surface area (Å²) in [6.07, 6.45) is 0. The van der Waals surface area contributed by atoms with Crippen LogP contribution in [0.1, 0.15) is 0 Å². The molecule has 3 N–H and O–H groups in total. The van der Waals surface area contributed by atoms with Gasteiger partial charge in [-0.1, -0.05) is 6.07 Å². The van der Waals surface area contributed by atoms with Crippen molar-refractivity contribution in [2.24, 2.45) is 5.73 Å². The van der Waals surface area contributed by atoms with Gasteiger partial charge in [-0.05, 0) is 12.1 Å². The van der Waals surface area contributed by atoms with E-state index in [0.717, 1.165) is 0 Å². The van der Waals surface area contributed by atoms with E-state index >= 15 is 0 Å². The number of benzene rings is 1. The number of halogens is 1. The zero-order valence-corrected chi connectivity index (χ0v) is 11.8. The highest BCUT2D eigenvalue weighted by molar-refractivity contribution is 7.89. The molecular formula is C10H17ClN2O4S. The SMILES string of the molecule is COc1cccc(OC)c1S(=O)(=O)NCCN.Cl. The van der Waals surface area contributed by atoms with Crippen molar-refractivity contribution in [2.45, 2.75) is 4.90 Å². The van der Waals surface area contributed by atoms with Crippen molar-refractivity contribution in [2.75, 3.05) is 27.3 Å². The molecule has 0 saturated heterocycles. The van der Waals surface area contributed by atoms with Gasteiger partial charge in [-0.3, -0.25) is 0 Å². The average Bonchev–Trinajstić information content (AvgIpc) is 2.35. The van der Waals surface area contributed by atoms with Crippen LogP contribution in [0.25, 0.3) is 0 Å². The first-order chi connectivity index (χ1) is 8.06. The fraction of sp³-hybridized carbons (Fsp3) is 0.400. The Bertz CT molecular complexity index is 457. The van der Waals surface area contributed by atoms with Crippen LogP contribution in [0, 0.1) is 0 Å². The summed E-state index contributed by atoms with van der Waals surface area (Å²) in [7, 11) is -0.889. The van der Waals surface area contributed by atoms with Crippen molar-refractivity contribution < 1.29 is 17.9 Å². The van der Waals surface area contributed by atoms with Crippen molar-refractivity contribution in [1.82, 2.24) is 4.72 Å². The van der Waals surface area contributed by atoms with Crippen LogP contribution in [-0.2, 0) is 10.0 Å². The first-order valence-corrected chi connectivity index (χ1v) is 6.46. The minimum absolute atomic E-state index is 0. The standard InChI is InChI=1S/C10H16N2O4S.ClH/c1-15-8-4-3-5-9(16-2)10(8)17(13,14)12-7-6-11;/h3-5,12H,6-7,11H2,1-2H3;1H. The van der Waals surface area contributed by atoms with Gasteiger partial charge in [-0.2, -0.15) is 0 Å². The molecule has 18 heavy (non-hydrogen) atoms. The number of hydrogen-bond donors (Lipinski definition) is 2. The molecule has 0 fully saturated rings. The fourth-order valence-corrected chi connectivity index (χ4v) is 2.71. The molecule has 0 aromatic heterocycles. The molecule has 6 nitrogen and oxygen atoms in total. The summed E-state index contributed by atoms with van der Waals surface area (Å²) in [5.74, 6) is 0.461. The number of hydrogen-bond acceptors (Lipinski definition) is 5. The van der Waals surface area contributed by atoms with Crippen LogP contribution in [-0.4, -0.2) is 35.7 Å². The zero-order chi connectivity index (χ0) is 12.9. The number of rotatable bonds is 6. The summed E-state index contributed by atoms with van der Waals surface area (Å²) >= 11 is 0. The lowest BCUT2D eigenvalue weighted by molar-refractivity contribution is 0.373. The summed E-state index contributed by atoms with van der Waals surface area (Å²) < 4.78 is 36.5. The monoisotopic (exact) mass is 296 g/mol. The van der Waals surface area contributed by atoms with E-state index in [1.165, 1.54) is 14.2 Å². The van der Waals surface area contributed by atoms with E-state index in [4.69, 9.17) is 15.2 Å². The minimum atomic E-state index is -3.69. The Morgan fingerprint density at radius 1 is 1.22 bits per heavy atom. The molecule has 0 radical (unpaired) electrons. The Hall–Kier alpha value is -1.02. The number of sulfonamides is 1. The van der Waals surface area contributed by atoms with E-state index < -0.39 is 10.0 Å². The molecule has 0 amide bonds. The molecule has 1 rings (SSSR count). The van der Waals surface area contributed by atoms with Gasteiger partial charge in [-0.15, -0.1) is 12.4 Å². The molecule has 0 spiro atoms. The summed E-state index contributed by atoms with van der Waals surface area (Å²) in [5, 5.41) is 0. The first kappa shape index (κ1) is 17.0. The lowest BCUT2D eigenvalue weighted by atomic mass is 10.3. The maximum atomic E-state index is 12.0. The van der Waals surface area contributed by atoms with E-state index in [2.05, 4.69) is 4.72 Å². The van der Waals surface area contributed by atoms with Gasteiger partial charge in [0.05, 0.1) is 14.2 Å². The van der Waals surface area contributed by atoms with Gasteiger partial charge in [0.2, 0.25) is 10.0 Å². The maximum Gasteiger partial charge on any atom is 0.248 e. The van der Waals surface area contributed by atoms with Crippen molar-refractivity contribution >= 4 is 22.4 Å². The Labute approximate surface area is 113 Å². The maximum absolute atomic E-state index is 12.0. The average molecular weight is 297 g/mol. The lowest BCUT2D eigenvalue weighted by Crippen LogP contribution is -2.29. The molecule has 0 aliphatic rings. The number of methoxy groups -OCH3 is 2. The first-order valence-electron chi connectivity index (χ1n) is 4.97. The Balaban J connectivity index is 0.00000289. The molecule has 1 aromatic rings. The van der Waals surface area contributed by atoms with Crippen LogP contribution in [0.2, 0.25) is 0 Å². The lowest BCUT2D eigenvalue weighted by Gasteiger charge is -2.13. The molecule has 0 bridgehead atoms. The molecule has 0 aliphatic carbocycles. The van der Waals surface area contributed by atoms with Gasteiger partial charge in [0.1, 0.15) is 11.5 Å². The van der Waals surface area contributed by atoms with Crippen LogP contribution < -0.4 is 19.9 Å². The van der Waals surface area contributed by atoms with E-state index in [9.17, 15) is 8.42 Å². The largest absolute Gasteiger partial charge is 0.495 e. The van der Waals surface area contributed by atoms with Gasteiger partial charge in [0.15, 0.2) is 4.90 Å². The summed E-state index contributed by atoms with van der Waals surface area (Å²) in [5.41, 5.74) is 5.27. The van der Waals surface area contributed by atoms with E-state index in [1.54, 1.807) is 18.2 Å². The van der Waals surface area contributed by atoms with E-state index in [1.807, 2.05) is 0 Å². The Kier molecular flexibility index (Phi) is 7.00. The van der Waals surface area contributed by atoms with Gasteiger partial charge in [0, 0.05) is 13.1 Å². The molecule has 104 valence electrons. The molecule has 1 aromatic carbocycles. The molecule has 0 atom stereocenters. The second-order valence-corrected chi connectivity index (χ2v) is 4.88. The number of nitrogens with two attached hydrogens (primary N) is 1. The number of ether oxygens (including phenoxy) is 2. The Morgan fingerprint density at radius 3 is 2.11 bits per heavy atom. The number of nitrogens with one attached hydrogen (secondary N) is 1. The van der Waals surface area contributed by atoms with Crippen LogP contribution in [0.5, 0.6) is 11.5 Å². The molecule has 0 aliphatic heterocycles. The molecular weight excluding hydrogens is 280 g/mol. The Morgan fingerprint density at radius 2 is 1.72 bits per heavy atom. The quantitative estimate of drug-likeness (QED) is 0.791. The van der Waals surface area contributed by atoms with Crippen LogP contribution in [0.4, 0.5) is 0 Å². The third-order valence-electron chi connectivity index (χ3n) is 2.09. The third kappa shape index (κ3) is 3.74. The van der Waals surface area contributed by atoms with Gasteiger partial charge in [-0.25, -0.2) is 13.1 Å². The topological polar surface area (TPSA) is 90.6 Å². The molecule has 0 saturated carbocycles. The highest BCUT2D eigenvalue weighted by Crippen LogP contribution is 2.32. The zero-order valence-electron chi connectivity index (χ0n) is 10.2. The van der Waals surface area contributed by atoms with Crippen LogP contribution in [0.3, 0.4) is 0 Å². The predicted octanol–water partition coefficient (Wildman–Crippen LogP) is 0.363. The second-order valence-electron chi connectivity index (χ2n) is 3.18. The predicted molar refractivity (Wildman–Crippen MR) is 71.0 cm³/mol. The van der Waals surface area contributed by atoms with E-state index in [-0.39, 0.29) is 41.9 Å². The summed E-state index contributed by atoms with van der Waals surface area (Å²) in [6.45, 7) is 0.375. The van der Waals surface area contributed by atoms with Gasteiger partial charge in [0.25, 0.3) is 0 Å². The highest BCUT2D eigenvalue weighted by Gasteiger charge is 2.23. The van der Waals surface area contributed by atoms with Crippen molar-refractivity contribution in [3.63, 3.8) is 0 Å². The third-order valence-corrected chi connectivity index (χ3v) is 3.61. The van der Waals surface area contributed by atoms with Crippen LogP contribution >= 0.6 is 12.4 Å². The van der Waals surface area contributed by atoms with E-state index in [0.29, 0.717) is 0 Å². The fourth-order valence-electron chi connectivity index (χ4n) is 1.35. The molecule has 0 unspecified atom stereocenters. The summed E-state index contributed by atoms with van der Waals surface area (Å²) in [6, 6.07) is 4.76. The summed E-state index contributed by atoms with van der Waals surface area (Å²) in [4.78, 5) is -0.0153. The smallest absolute Gasteiger partial charge is 0.248 e. The normalized spacial score (nSPS) is 10.6. The van der Waals surface area contributed by atoms with Crippen molar-refractivity contribution in [3.8, 4) is 11.5 Å². The van der Waals surface area contributed by atoms with Crippen molar-refractivity contribution in [1.29, 1.82) is 0 Å². The highest BCUT2D eigenvalue weighted by atomic mass is 35.5. The van der Waals surface area contributed by atoms with Crippen molar-refractivity contribution in [3.05, 3.63) is 18.2 Å².